The van der Waals surface area contributed by atoms with Crippen LogP contribution in [0.4, 0.5) is 0 Å². The highest BCUT2D eigenvalue weighted by Gasteiger charge is 2.07. The smallest absolute Gasteiger partial charge is 0.0105 e. The van der Waals surface area contributed by atoms with E-state index in [2.05, 4.69) is 170 Å². The van der Waals surface area contributed by atoms with E-state index in [-0.39, 0.29) is 0 Å². The predicted molar refractivity (Wildman–Crippen MR) is 181 cm³/mol. The van der Waals surface area contributed by atoms with Crippen LogP contribution in [0.1, 0.15) is 0 Å². The van der Waals surface area contributed by atoms with Gasteiger partial charge >= 0.3 is 0 Å². The van der Waals surface area contributed by atoms with E-state index in [0.29, 0.717) is 0 Å². The lowest BCUT2D eigenvalue weighted by molar-refractivity contribution is 1.59. The standard InChI is InChI=1S/C42H28/c1-2-7-29(8-3-1)30-13-15-31(16-14-30)35-18-19-38-27-36(20-21-37(38)26-35)33-10-6-11-34(25-33)39-23-24-42-40(28-39)22-17-32-9-4-5-12-41(32)42/h1-28H. The van der Waals surface area contributed by atoms with Crippen LogP contribution in [0.3, 0.4) is 0 Å². The Labute approximate surface area is 246 Å². The maximum absolute atomic E-state index is 2.31. The first-order chi connectivity index (χ1) is 20.8. The Morgan fingerprint density at radius 1 is 0.190 bits per heavy atom. The van der Waals surface area contributed by atoms with Crippen LogP contribution >= 0.6 is 0 Å². The van der Waals surface area contributed by atoms with Gasteiger partial charge in [-0.2, -0.15) is 0 Å². The van der Waals surface area contributed by atoms with E-state index in [1.54, 1.807) is 0 Å². The molecule has 196 valence electrons. The fraction of sp³-hybridized carbons (Fsp3) is 0. The Kier molecular flexibility index (Phi) is 5.90. The average Bonchev–Trinajstić information content (AvgIpc) is 3.08. The van der Waals surface area contributed by atoms with Crippen molar-refractivity contribution in [3.05, 3.63) is 170 Å². The molecule has 42 heavy (non-hydrogen) atoms. The zero-order chi connectivity index (χ0) is 27.9. The molecule has 0 heteroatoms. The quantitative estimate of drug-likeness (QED) is 0.198. The van der Waals surface area contributed by atoms with Crippen molar-refractivity contribution < 1.29 is 0 Å². The van der Waals surface area contributed by atoms with Crippen molar-refractivity contribution in [2.45, 2.75) is 0 Å². The third kappa shape index (κ3) is 4.44. The molecule has 0 aliphatic rings. The highest BCUT2D eigenvalue weighted by Crippen LogP contribution is 2.34. The first kappa shape index (κ1) is 24.3. The Morgan fingerprint density at radius 3 is 1.31 bits per heavy atom. The summed E-state index contributed by atoms with van der Waals surface area (Å²) in [6.45, 7) is 0. The van der Waals surface area contributed by atoms with Crippen molar-refractivity contribution in [1.29, 1.82) is 0 Å². The van der Waals surface area contributed by atoms with Gasteiger partial charge in [-0.1, -0.05) is 146 Å². The largest absolute Gasteiger partial charge is 0.0622 e. The SMILES string of the molecule is c1ccc(-c2ccc(-c3ccc4cc(-c5cccc(-c6ccc7c(ccc8ccccc87)c6)c5)ccc4c3)cc2)cc1. The van der Waals surface area contributed by atoms with Crippen molar-refractivity contribution >= 4 is 32.3 Å². The molecule has 0 unspecified atom stereocenters. The summed E-state index contributed by atoms with van der Waals surface area (Å²) in [4.78, 5) is 0. The molecule has 0 aliphatic heterocycles. The van der Waals surface area contributed by atoms with E-state index in [1.165, 1.54) is 76.8 Å². The summed E-state index contributed by atoms with van der Waals surface area (Å²) in [5.41, 5.74) is 9.89. The van der Waals surface area contributed by atoms with E-state index in [9.17, 15) is 0 Å². The minimum atomic E-state index is 1.23. The van der Waals surface area contributed by atoms with Gasteiger partial charge in [-0.3, -0.25) is 0 Å². The molecule has 0 saturated carbocycles. The fourth-order valence-corrected chi connectivity index (χ4v) is 6.16. The fourth-order valence-electron chi connectivity index (χ4n) is 6.16. The molecule has 0 aliphatic carbocycles. The van der Waals surface area contributed by atoms with Gasteiger partial charge in [0.25, 0.3) is 0 Å². The third-order valence-corrected chi connectivity index (χ3v) is 8.44. The van der Waals surface area contributed by atoms with Gasteiger partial charge < -0.3 is 0 Å². The maximum Gasteiger partial charge on any atom is -0.0105 e. The Hall–Kier alpha value is -5.46. The minimum absolute atomic E-state index is 1.23. The van der Waals surface area contributed by atoms with Crippen LogP contribution in [-0.2, 0) is 0 Å². The summed E-state index contributed by atoms with van der Waals surface area (Å²) in [5, 5.41) is 7.66. The molecule has 0 atom stereocenters. The molecule has 8 aromatic carbocycles. The molecule has 0 bridgehead atoms. The lowest BCUT2D eigenvalue weighted by Gasteiger charge is -2.10. The maximum atomic E-state index is 2.31. The summed E-state index contributed by atoms with van der Waals surface area (Å²) in [6.07, 6.45) is 0. The first-order valence-electron chi connectivity index (χ1n) is 14.5. The minimum Gasteiger partial charge on any atom is -0.0622 e. The second-order valence-corrected chi connectivity index (χ2v) is 11.0. The lowest BCUT2D eigenvalue weighted by Crippen LogP contribution is -1.84. The second kappa shape index (κ2) is 10.2. The molecular weight excluding hydrogens is 504 g/mol. The number of rotatable bonds is 4. The van der Waals surface area contributed by atoms with Gasteiger partial charge in [-0.15, -0.1) is 0 Å². The van der Waals surface area contributed by atoms with Gasteiger partial charge in [0.1, 0.15) is 0 Å². The van der Waals surface area contributed by atoms with Gasteiger partial charge in [-0.25, -0.2) is 0 Å². The Morgan fingerprint density at radius 2 is 0.595 bits per heavy atom. The van der Waals surface area contributed by atoms with Crippen LogP contribution in [0.2, 0.25) is 0 Å². The van der Waals surface area contributed by atoms with Crippen molar-refractivity contribution in [2.75, 3.05) is 0 Å². The zero-order valence-corrected chi connectivity index (χ0v) is 23.2. The van der Waals surface area contributed by atoms with Gasteiger partial charge in [-0.05, 0) is 101 Å². The number of hydrogen-bond acceptors (Lipinski definition) is 0. The van der Waals surface area contributed by atoms with E-state index >= 15 is 0 Å². The molecule has 8 rings (SSSR count). The van der Waals surface area contributed by atoms with Crippen molar-refractivity contribution in [3.63, 3.8) is 0 Å². The highest BCUT2D eigenvalue weighted by molar-refractivity contribution is 6.08. The summed E-state index contributed by atoms with van der Waals surface area (Å²) < 4.78 is 0. The molecule has 0 nitrogen and oxygen atoms in total. The van der Waals surface area contributed by atoms with Crippen LogP contribution in [-0.4, -0.2) is 0 Å². The van der Waals surface area contributed by atoms with Crippen molar-refractivity contribution in [3.8, 4) is 44.5 Å². The molecule has 0 heterocycles. The van der Waals surface area contributed by atoms with E-state index in [4.69, 9.17) is 0 Å². The summed E-state index contributed by atoms with van der Waals surface area (Å²) in [6, 6.07) is 61.8. The Bertz CT molecular complexity index is 2220. The summed E-state index contributed by atoms with van der Waals surface area (Å²) in [7, 11) is 0. The van der Waals surface area contributed by atoms with E-state index < -0.39 is 0 Å². The summed E-state index contributed by atoms with van der Waals surface area (Å²) >= 11 is 0. The van der Waals surface area contributed by atoms with Crippen LogP contribution in [0.15, 0.2) is 170 Å². The van der Waals surface area contributed by atoms with Gasteiger partial charge in [0.15, 0.2) is 0 Å². The number of benzene rings is 8. The predicted octanol–water partition coefficient (Wildman–Crippen LogP) is 11.8. The number of hydrogen-bond donors (Lipinski definition) is 0. The van der Waals surface area contributed by atoms with Crippen molar-refractivity contribution in [1.82, 2.24) is 0 Å². The van der Waals surface area contributed by atoms with Crippen molar-refractivity contribution in [2.24, 2.45) is 0 Å². The van der Waals surface area contributed by atoms with Gasteiger partial charge in [0, 0.05) is 0 Å². The zero-order valence-electron chi connectivity index (χ0n) is 23.2. The highest BCUT2D eigenvalue weighted by atomic mass is 14.1. The molecule has 0 saturated heterocycles. The van der Waals surface area contributed by atoms with E-state index in [0.717, 1.165) is 0 Å². The second-order valence-electron chi connectivity index (χ2n) is 11.0. The van der Waals surface area contributed by atoms with E-state index in [1.807, 2.05) is 0 Å². The lowest BCUT2D eigenvalue weighted by atomic mass is 9.94. The van der Waals surface area contributed by atoms with Crippen LogP contribution < -0.4 is 0 Å². The molecule has 0 N–H and O–H groups in total. The van der Waals surface area contributed by atoms with Crippen LogP contribution in [0.5, 0.6) is 0 Å². The van der Waals surface area contributed by atoms with Crippen LogP contribution in [0, 0.1) is 0 Å². The normalized spacial score (nSPS) is 11.3. The molecule has 0 spiro atoms. The molecule has 0 aromatic heterocycles. The van der Waals surface area contributed by atoms with Crippen LogP contribution in [0.25, 0.3) is 76.8 Å². The van der Waals surface area contributed by atoms with Gasteiger partial charge in [0.2, 0.25) is 0 Å². The molecule has 8 aromatic rings. The molecular formula is C42H28. The summed E-state index contributed by atoms with van der Waals surface area (Å²) in [5.74, 6) is 0. The number of fused-ring (bicyclic) bond motifs is 4. The topological polar surface area (TPSA) is 0 Å². The van der Waals surface area contributed by atoms with Gasteiger partial charge in [0.05, 0.1) is 0 Å². The Balaban J connectivity index is 1.10. The molecule has 0 fully saturated rings. The average molecular weight is 533 g/mol. The molecule has 0 radical (unpaired) electrons. The third-order valence-electron chi connectivity index (χ3n) is 8.44. The molecule has 0 amide bonds. The first-order valence-corrected chi connectivity index (χ1v) is 14.5. The monoisotopic (exact) mass is 532 g/mol.